The number of nitrogen functional groups attached to an aromatic ring is 1. The highest BCUT2D eigenvalue weighted by Crippen LogP contribution is 2.16. The zero-order valence-electron chi connectivity index (χ0n) is 66.9. The first-order valence-electron chi connectivity index (χ1n) is 39.0. The van der Waals surface area contributed by atoms with Gasteiger partial charge in [-0.25, -0.2) is 29.1 Å². The normalized spacial score (nSPS) is 18.6. The van der Waals surface area contributed by atoms with Crippen molar-refractivity contribution >= 4 is 106 Å². The molecule has 5 aromatic heterocycles. The van der Waals surface area contributed by atoms with E-state index in [4.69, 9.17) is 30.5 Å². The number of carbonyl (C=O) groups excluding carboxylic acids is 12. The molecule has 0 aliphatic carbocycles. The second kappa shape index (κ2) is 49.0. The molecule has 48 heteroatoms. The Bertz CT molecular complexity index is 4790. The molecule has 0 spiro atoms. The molecule has 123 heavy (non-hydrogen) atoms. The fraction of sp³-hybridized carbons (Fsp3) is 0.467. The Labute approximate surface area is 699 Å². The number of aliphatic hydroxyl groups is 2. The van der Waals surface area contributed by atoms with Gasteiger partial charge in [-0.3, -0.25) is 72.0 Å². The molecule has 2 bridgehead atoms. The molecular formula is C75H99FN26O21. The Hall–Kier alpha value is -13.9. The first kappa shape index (κ1) is 94.6. The second-order valence-corrected chi connectivity index (χ2v) is 28.1. The lowest BCUT2D eigenvalue weighted by Gasteiger charge is -2.27. The van der Waals surface area contributed by atoms with Crippen molar-refractivity contribution in [3.8, 4) is 0 Å². The van der Waals surface area contributed by atoms with Crippen LogP contribution in [0, 0.1) is 5.82 Å². The summed E-state index contributed by atoms with van der Waals surface area (Å²) in [5, 5.41) is 74.7. The van der Waals surface area contributed by atoms with Gasteiger partial charge in [0, 0.05) is 86.5 Å². The summed E-state index contributed by atoms with van der Waals surface area (Å²) in [6.07, 6.45) is 6.86. The van der Waals surface area contributed by atoms with E-state index in [0.29, 0.717) is 29.8 Å². The fourth-order valence-corrected chi connectivity index (χ4v) is 11.9. The summed E-state index contributed by atoms with van der Waals surface area (Å²) in [4.78, 5) is 222. The van der Waals surface area contributed by atoms with E-state index < -0.39 is 181 Å². The number of hydrogen-bond donors (Lipinski definition) is 20. The van der Waals surface area contributed by atoms with E-state index in [1.807, 2.05) is 0 Å². The van der Waals surface area contributed by atoms with Crippen LogP contribution in [0.5, 0.6) is 0 Å². The van der Waals surface area contributed by atoms with Crippen molar-refractivity contribution in [1.29, 1.82) is 0 Å². The minimum absolute atomic E-state index is 0.0229. The largest absolute Gasteiger partial charge is 0.480 e. The van der Waals surface area contributed by atoms with Crippen molar-refractivity contribution in [3.63, 3.8) is 0 Å². The number of oxime groups is 1. The number of nitrogens with zero attached hydrogens (tertiary/aromatic N) is 9. The van der Waals surface area contributed by atoms with Crippen molar-refractivity contribution in [1.82, 2.24) is 113 Å². The second-order valence-electron chi connectivity index (χ2n) is 28.1. The summed E-state index contributed by atoms with van der Waals surface area (Å²) in [5.74, 6) is -12.7. The van der Waals surface area contributed by atoms with E-state index in [-0.39, 0.29) is 144 Å². The highest BCUT2D eigenvalue weighted by atomic mass is 18.2. The number of halogens is 1. The molecule has 8 rings (SSSR count). The molecule has 1 aliphatic rings. The highest BCUT2D eigenvalue weighted by Gasteiger charge is 2.37. The van der Waals surface area contributed by atoms with E-state index in [1.165, 1.54) is 104 Å². The number of aliphatic hydroxyl groups excluding tert-OH is 2. The lowest BCUT2D eigenvalue weighted by molar-refractivity contribution is -0.140. The Morgan fingerprint density at radius 1 is 0.707 bits per heavy atom. The quantitative estimate of drug-likeness (QED) is 0.00970. The van der Waals surface area contributed by atoms with Crippen molar-refractivity contribution < 1.29 is 101 Å². The zero-order valence-corrected chi connectivity index (χ0v) is 66.9. The van der Waals surface area contributed by atoms with Gasteiger partial charge < -0.3 is 120 Å². The average molecular weight is 1720 g/mol. The number of carbonyl (C=O) groups is 13. The third-order valence-corrected chi connectivity index (χ3v) is 18.4. The maximum absolute atomic E-state index is 14.8. The van der Waals surface area contributed by atoms with Crippen molar-refractivity contribution in [2.75, 3.05) is 77.0 Å². The van der Waals surface area contributed by atoms with Gasteiger partial charge >= 0.3 is 5.97 Å². The lowest BCUT2D eigenvalue weighted by Crippen LogP contribution is -2.62. The molecule has 0 saturated carbocycles. The number of aryl methyl sites for hydroxylation is 1. The molecule has 1 aliphatic heterocycles. The molecule has 0 unspecified atom stereocenters. The molecule has 662 valence electrons. The number of anilines is 2. The minimum atomic E-state index is -1.87. The van der Waals surface area contributed by atoms with E-state index in [9.17, 15) is 86.8 Å². The van der Waals surface area contributed by atoms with Crippen LogP contribution in [-0.2, 0) is 109 Å². The number of fused-ring (bicyclic) bond motifs is 3. The maximum Gasteiger partial charge on any atom is 0.326 e. The van der Waals surface area contributed by atoms with Crippen LogP contribution in [-0.4, -0.2) is 280 Å². The highest BCUT2D eigenvalue weighted by molar-refractivity contribution is 5.99. The van der Waals surface area contributed by atoms with Gasteiger partial charge in [-0.15, -0.1) is 5.10 Å². The number of aliphatic carboxylic acids is 1. The van der Waals surface area contributed by atoms with E-state index in [0.717, 1.165) is 6.92 Å². The molecule has 6 heterocycles. The number of benzene rings is 2. The topological polar surface area (TPSA) is 688 Å². The standard InChI is InChI=1S/C75H99FN26O21/c1-41-65(109)92-52(67(111)82-20-22-120-23-24-121-25-26-122-37-60(107)90-51(63(77)108)7-3-5-19-81-59(106)38-123-87-30-43-9-13-45(76)14-10-43)8-4-6-21-102-35-49(100-101-102)29-54(91-58(105)18-17-53(74(118)119)93-66(110)44-11-15-46(16-12-44)83-33-50-34-84-64-62(89-50)73(117)99-75(78)98-64)68(112)94-55(27-47-31-79-39-85-47)69(113)96-57(36-103)71(115)95-56(28-48-32-80-40-86-48)70(114)97-61(42(2)104)72(116)88-41/h9-16,30-32,34-35,39-42,51-57,61,83,103-104H,3-8,17-29,33,36-38H2,1-2H3,(H2,77,108)(H,79,85)(H,80,86)(H,81,106)(H,82,111)(H,88,116)(H,90,107)(H,91,105)(H,92,109)(H,93,110)(H,94,112)(H,95,115)(H,96,113)(H,97,114)(H,118,119)(H3,78,84,98,99,117)/b87-30+/t41-,42+,51+,52+,53+,54+,55-,56-,57-,61-/m1/s1/i76-1. The smallest absolute Gasteiger partial charge is 0.326 e. The number of primary amides is 1. The van der Waals surface area contributed by atoms with Crippen molar-refractivity contribution in [3.05, 3.63) is 136 Å². The summed E-state index contributed by atoms with van der Waals surface area (Å²) in [5.41, 5.74) is 12.6. The van der Waals surface area contributed by atoms with Gasteiger partial charge in [0.25, 0.3) is 17.4 Å². The molecular weight excluding hydrogens is 1620 g/mol. The van der Waals surface area contributed by atoms with Crippen LogP contribution < -0.4 is 80.8 Å². The average Bonchev–Trinajstić information content (AvgIpc) is 1.61. The Balaban J connectivity index is 0.876. The molecule has 0 fully saturated rings. The van der Waals surface area contributed by atoms with Crippen LogP contribution in [0.25, 0.3) is 11.2 Å². The number of unbranched alkanes of at least 4 members (excludes halogenated alkanes) is 1. The predicted octanol–water partition coefficient (Wildman–Crippen LogP) is -5.78. The fourth-order valence-electron chi connectivity index (χ4n) is 11.9. The van der Waals surface area contributed by atoms with Crippen LogP contribution in [0.3, 0.4) is 0 Å². The number of aromatic nitrogens is 11. The van der Waals surface area contributed by atoms with E-state index in [1.54, 1.807) is 0 Å². The first-order chi connectivity index (χ1) is 59.1. The molecule has 12 amide bonds. The summed E-state index contributed by atoms with van der Waals surface area (Å²) >= 11 is 0. The van der Waals surface area contributed by atoms with Gasteiger partial charge in [-0.1, -0.05) is 22.5 Å². The van der Waals surface area contributed by atoms with E-state index >= 15 is 0 Å². The van der Waals surface area contributed by atoms with Crippen LogP contribution in [0.4, 0.5) is 16.0 Å². The lowest BCUT2D eigenvalue weighted by atomic mass is 10.1. The monoisotopic (exact) mass is 1720 g/mol. The molecule has 22 N–H and O–H groups in total. The van der Waals surface area contributed by atoms with Gasteiger partial charge in [0.15, 0.2) is 17.8 Å². The number of hydrogen-bond acceptors (Lipinski definition) is 30. The number of carboxylic acid groups (broad SMARTS) is 1. The summed E-state index contributed by atoms with van der Waals surface area (Å²) in [7, 11) is 0. The number of aromatic amines is 3. The number of nitrogens with one attached hydrogen (secondary N) is 15. The number of imidazole rings is 2. The third kappa shape index (κ3) is 32.3. The van der Waals surface area contributed by atoms with Gasteiger partial charge in [0.2, 0.25) is 65.0 Å². The van der Waals surface area contributed by atoms with Crippen LogP contribution >= 0.6 is 0 Å². The molecule has 0 saturated heterocycles. The Morgan fingerprint density at radius 2 is 1.37 bits per heavy atom. The van der Waals surface area contributed by atoms with Gasteiger partial charge in [-0.05, 0) is 101 Å². The van der Waals surface area contributed by atoms with Crippen LogP contribution in [0.1, 0.15) is 104 Å². The number of ether oxygens (including phenoxy) is 3. The number of amides is 12. The van der Waals surface area contributed by atoms with Gasteiger partial charge in [-0.2, -0.15) is 4.98 Å². The zero-order chi connectivity index (χ0) is 88.7. The Kier molecular flexibility index (Phi) is 37.7. The maximum atomic E-state index is 14.8. The van der Waals surface area contributed by atoms with Crippen LogP contribution in [0.2, 0.25) is 0 Å². The number of rotatable bonds is 39. The SMILES string of the molecule is C[C@H](O)[C@H]1NC(=O)[C@@H](Cc2cnc[nH]2)NC(=O)[C@@H](CO)NC(=O)[C@@H](Cc2cnc[nH]2)NC(=O)[C@@H](NC(=O)CC[C@H](NC(=O)c2ccc(NCc3cnc4nc(N)[nH]c(=O)c4n3)cc2)C(=O)O)Cc2cn(nn2)CCCC[C@@H](C(=O)NCCOCCOCCOCC(=O)N[C@@H](CCCCNC(=O)CO/N=C/c2ccc([18F])cc2)C(N)=O)NC(=O)[C@@H](C)NC1=O. The molecule has 10 atom stereocenters. The number of carboxylic acids is 1. The van der Waals surface area contributed by atoms with Crippen molar-refractivity contribution in [2.45, 2.75) is 158 Å². The van der Waals surface area contributed by atoms with Gasteiger partial charge in [0.05, 0.1) is 88.7 Å². The van der Waals surface area contributed by atoms with Gasteiger partial charge in [0.1, 0.15) is 66.8 Å². The van der Waals surface area contributed by atoms with E-state index in [2.05, 4.69) is 119 Å². The Morgan fingerprint density at radius 3 is 2.04 bits per heavy atom. The molecule has 2 aromatic carbocycles. The molecule has 47 nitrogen and oxygen atoms in total. The number of H-pyrrole nitrogens is 3. The first-order valence-corrected chi connectivity index (χ1v) is 39.0. The summed E-state index contributed by atoms with van der Waals surface area (Å²) in [6, 6.07) is -2.69. The minimum Gasteiger partial charge on any atom is -0.480 e. The molecule has 7 aromatic rings. The summed E-state index contributed by atoms with van der Waals surface area (Å²) < 4.78 is 31.0. The van der Waals surface area contributed by atoms with Crippen molar-refractivity contribution in [2.24, 2.45) is 10.9 Å². The molecule has 0 radical (unpaired) electrons. The summed E-state index contributed by atoms with van der Waals surface area (Å²) in [6.45, 7) is 0.979. The predicted molar refractivity (Wildman–Crippen MR) is 428 cm³/mol. The number of nitrogens with two attached hydrogens (primary N) is 2. The van der Waals surface area contributed by atoms with Crippen LogP contribution in [0.15, 0.2) is 95.9 Å². The third-order valence-electron chi connectivity index (χ3n) is 18.4.